The van der Waals surface area contributed by atoms with Crippen molar-refractivity contribution < 1.29 is 9.53 Å². The molecule has 0 radical (unpaired) electrons. The molecule has 0 aliphatic heterocycles. The van der Waals surface area contributed by atoms with Crippen LogP contribution in [-0.2, 0) is 9.53 Å². The summed E-state index contributed by atoms with van der Waals surface area (Å²) in [6, 6.07) is 6.68. The Morgan fingerprint density at radius 1 is 1.47 bits per heavy atom. The fraction of sp³-hybridized carbons (Fsp3) is 0.364. The van der Waals surface area contributed by atoms with Crippen LogP contribution in [0.15, 0.2) is 24.3 Å². The molecule has 0 aliphatic rings. The van der Waals surface area contributed by atoms with Gasteiger partial charge in [-0.1, -0.05) is 23.7 Å². The van der Waals surface area contributed by atoms with Crippen molar-refractivity contribution in [3.63, 3.8) is 0 Å². The van der Waals surface area contributed by atoms with Crippen LogP contribution in [0.1, 0.15) is 18.5 Å². The Balaban J connectivity index is 2.82. The summed E-state index contributed by atoms with van der Waals surface area (Å²) in [6.45, 7) is 2.16. The third-order valence-corrected chi connectivity index (χ3v) is 2.27. The zero-order chi connectivity index (χ0) is 11.3. The van der Waals surface area contributed by atoms with Crippen LogP contribution in [0.2, 0.25) is 5.02 Å². The molecule has 0 aromatic heterocycles. The van der Waals surface area contributed by atoms with E-state index in [-0.39, 0.29) is 5.97 Å². The van der Waals surface area contributed by atoms with E-state index >= 15 is 0 Å². The number of esters is 1. The minimum absolute atomic E-state index is 0.276. The minimum Gasteiger partial charge on any atom is -0.465 e. The largest absolute Gasteiger partial charge is 0.465 e. The van der Waals surface area contributed by atoms with Crippen LogP contribution in [-0.4, -0.2) is 19.6 Å². The van der Waals surface area contributed by atoms with E-state index in [0.717, 1.165) is 5.56 Å². The SMILES string of the molecule is CCOC(=O)C(NC)c1ccc(Cl)cc1. The maximum Gasteiger partial charge on any atom is 0.327 e. The summed E-state index contributed by atoms with van der Waals surface area (Å²) >= 11 is 5.76. The quantitative estimate of drug-likeness (QED) is 0.802. The Hall–Kier alpha value is -1.06. The Morgan fingerprint density at radius 2 is 2.07 bits per heavy atom. The van der Waals surface area contributed by atoms with Crippen LogP contribution in [0.4, 0.5) is 0 Å². The van der Waals surface area contributed by atoms with Gasteiger partial charge in [0.25, 0.3) is 0 Å². The third-order valence-electron chi connectivity index (χ3n) is 2.01. The monoisotopic (exact) mass is 227 g/mol. The highest BCUT2D eigenvalue weighted by atomic mass is 35.5. The average Bonchev–Trinajstić information content (AvgIpc) is 2.22. The number of carbonyl (C=O) groups is 1. The number of hydrogen-bond acceptors (Lipinski definition) is 3. The Bertz CT molecular complexity index is 324. The molecule has 82 valence electrons. The Labute approximate surface area is 94.4 Å². The van der Waals surface area contributed by atoms with Crippen molar-refractivity contribution in [1.82, 2.24) is 5.32 Å². The summed E-state index contributed by atoms with van der Waals surface area (Å²) in [7, 11) is 1.72. The van der Waals surface area contributed by atoms with Gasteiger partial charge in [-0.05, 0) is 31.7 Å². The van der Waals surface area contributed by atoms with Crippen molar-refractivity contribution in [2.75, 3.05) is 13.7 Å². The molecule has 0 spiro atoms. The standard InChI is InChI=1S/C11H14ClNO2/c1-3-15-11(14)10(13-2)8-4-6-9(12)7-5-8/h4-7,10,13H,3H2,1-2H3. The van der Waals surface area contributed by atoms with E-state index < -0.39 is 6.04 Å². The molecule has 1 unspecified atom stereocenters. The van der Waals surface area contributed by atoms with Crippen molar-refractivity contribution in [1.29, 1.82) is 0 Å². The zero-order valence-corrected chi connectivity index (χ0v) is 9.54. The van der Waals surface area contributed by atoms with E-state index in [0.29, 0.717) is 11.6 Å². The molecule has 4 heteroatoms. The average molecular weight is 228 g/mol. The van der Waals surface area contributed by atoms with Crippen molar-refractivity contribution >= 4 is 17.6 Å². The highest BCUT2D eigenvalue weighted by molar-refractivity contribution is 6.30. The molecule has 0 heterocycles. The number of benzene rings is 1. The van der Waals surface area contributed by atoms with Crippen molar-refractivity contribution in [3.8, 4) is 0 Å². The van der Waals surface area contributed by atoms with Crippen LogP contribution in [0.25, 0.3) is 0 Å². The lowest BCUT2D eigenvalue weighted by atomic mass is 10.1. The molecule has 1 aromatic rings. The first-order valence-electron chi connectivity index (χ1n) is 4.78. The molecule has 1 N–H and O–H groups in total. The molecule has 0 amide bonds. The van der Waals surface area contributed by atoms with Gasteiger partial charge in [-0.25, -0.2) is 4.79 Å². The van der Waals surface area contributed by atoms with Gasteiger partial charge in [0.15, 0.2) is 0 Å². The van der Waals surface area contributed by atoms with Crippen LogP contribution in [0.3, 0.4) is 0 Å². The van der Waals surface area contributed by atoms with E-state index in [1.807, 2.05) is 0 Å². The molecule has 0 fully saturated rings. The topological polar surface area (TPSA) is 38.3 Å². The second-order valence-corrected chi connectivity index (χ2v) is 3.46. The van der Waals surface area contributed by atoms with Crippen LogP contribution < -0.4 is 5.32 Å². The maximum absolute atomic E-state index is 11.5. The summed E-state index contributed by atoms with van der Waals surface area (Å²) in [5.74, 6) is -0.276. The van der Waals surface area contributed by atoms with Gasteiger partial charge < -0.3 is 10.1 Å². The maximum atomic E-state index is 11.5. The van der Waals surface area contributed by atoms with Gasteiger partial charge in [0, 0.05) is 5.02 Å². The number of nitrogens with one attached hydrogen (secondary N) is 1. The zero-order valence-electron chi connectivity index (χ0n) is 8.79. The van der Waals surface area contributed by atoms with E-state index in [1.54, 1.807) is 38.2 Å². The minimum atomic E-state index is -0.429. The van der Waals surface area contributed by atoms with Gasteiger partial charge >= 0.3 is 5.97 Å². The van der Waals surface area contributed by atoms with E-state index in [2.05, 4.69) is 5.32 Å². The van der Waals surface area contributed by atoms with Crippen molar-refractivity contribution in [3.05, 3.63) is 34.9 Å². The molecule has 0 aliphatic carbocycles. The van der Waals surface area contributed by atoms with Gasteiger partial charge in [-0.2, -0.15) is 0 Å². The molecule has 15 heavy (non-hydrogen) atoms. The normalized spacial score (nSPS) is 12.2. The predicted octanol–water partition coefficient (Wildman–Crippen LogP) is 2.16. The highest BCUT2D eigenvalue weighted by Gasteiger charge is 2.19. The van der Waals surface area contributed by atoms with Gasteiger partial charge in [-0.15, -0.1) is 0 Å². The van der Waals surface area contributed by atoms with Gasteiger partial charge in [0.05, 0.1) is 6.61 Å². The summed E-state index contributed by atoms with van der Waals surface area (Å²) in [4.78, 5) is 11.5. The van der Waals surface area contributed by atoms with Crippen molar-refractivity contribution in [2.45, 2.75) is 13.0 Å². The van der Waals surface area contributed by atoms with E-state index in [9.17, 15) is 4.79 Å². The third kappa shape index (κ3) is 3.22. The van der Waals surface area contributed by atoms with Crippen LogP contribution in [0.5, 0.6) is 0 Å². The molecule has 1 aromatic carbocycles. The fourth-order valence-electron chi connectivity index (χ4n) is 1.30. The van der Waals surface area contributed by atoms with E-state index in [4.69, 9.17) is 16.3 Å². The molecule has 0 saturated heterocycles. The van der Waals surface area contributed by atoms with Crippen LogP contribution >= 0.6 is 11.6 Å². The summed E-state index contributed by atoms with van der Waals surface area (Å²) in [5, 5.41) is 3.56. The lowest BCUT2D eigenvalue weighted by Crippen LogP contribution is -2.27. The molecular weight excluding hydrogens is 214 g/mol. The lowest BCUT2D eigenvalue weighted by Gasteiger charge is -2.14. The van der Waals surface area contributed by atoms with E-state index in [1.165, 1.54) is 0 Å². The molecule has 1 atom stereocenters. The Morgan fingerprint density at radius 3 is 2.53 bits per heavy atom. The number of rotatable bonds is 4. The van der Waals surface area contributed by atoms with Crippen molar-refractivity contribution in [2.24, 2.45) is 0 Å². The number of likely N-dealkylation sites (N-methyl/N-ethyl adjacent to an activating group) is 1. The molecule has 3 nitrogen and oxygen atoms in total. The number of hydrogen-bond donors (Lipinski definition) is 1. The fourth-order valence-corrected chi connectivity index (χ4v) is 1.43. The number of ether oxygens (including phenoxy) is 1. The Kier molecular flexibility index (Phi) is 4.59. The molecule has 0 bridgehead atoms. The first kappa shape index (κ1) is 12.0. The molecule has 1 rings (SSSR count). The second kappa shape index (κ2) is 5.73. The lowest BCUT2D eigenvalue weighted by molar-refractivity contribution is -0.145. The highest BCUT2D eigenvalue weighted by Crippen LogP contribution is 2.17. The first-order valence-corrected chi connectivity index (χ1v) is 5.16. The van der Waals surface area contributed by atoms with Gasteiger partial charge in [0.2, 0.25) is 0 Å². The smallest absolute Gasteiger partial charge is 0.327 e. The summed E-state index contributed by atoms with van der Waals surface area (Å²) < 4.78 is 4.95. The summed E-state index contributed by atoms with van der Waals surface area (Å²) in [6.07, 6.45) is 0. The molecular formula is C11H14ClNO2. The number of halogens is 1. The predicted molar refractivity (Wildman–Crippen MR) is 59.9 cm³/mol. The second-order valence-electron chi connectivity index (χ2n) is 3.03. The summed E-state index contributed by atoms with van der Waals surface area (Å²) in [5.41, 5.74) is 0.848. The van der Waals surface area contributed by atoms with Gasteiger partial charge in [-0.3, -0.25) is 0 Å². The van der Waals surface area contributed by atoms with Gasteiger partial charge in [0.1, 0.15) is 6.04 Å². The number of carbonyl (C=O) groups excluding carboxylic acids is 1. The first-order chi connectivity index (χ1) is 7.19. The van der Waals surface area contributed by atoms with Crippen LogP contribution in [0, 0.1) is 0 Å². The molecule has 0 saturated carbocycles.